The number of halogens is 3. The molecule has 0 spiro atoms. The van der Waals surface area contributed by atoms with E-state index in [-0.39, 0.29) is 5.82 Å². The molecule has 1 aromatic carbocycles. The number of ether oxygens (including phenoxy) is 1. The molecule has 16 heavy (non-hydrogen) atoms. The van der Waals surface area contributed by atoms with E-state index in [0.29, 0.717) is 21.3 Å². The Hall–Kier alpha value is -1.13. The maximum Gasteiger partial charge on any atom is 0.220 e. The summed E-state index contributed by atoms with van der Waals surface area (Å²) >= 11 is 8.96. The monoisotopic (exact) mass is 301 g/mol. The van der Waals surface area contributed by atoms with Crippen LogP contribution in [0.15, 0.2) is 40.9 Å². The van der Waals surface area contributed by atoms with Gasteiger partial charge in [-0.15, -0.1) is 0 Å². The van der Waals surface area contributed by atoms with Gasteiger partial charge in [-0.2, -0.15) is 0 Å². The van der Waals surface area contributed by atoms with Crippen LogP contribution in [-0.4, -0.2) is 4.98 Å². The van der Waals surface area contributed by atoms with Crippen molar-refractivity contribution in [2.24, 2.45) is 0 Å². The minimum Gasteiger partial charge on any atom is -0.438 e. The van der Waals surface area contributed by atoms with Gasteiger partial charge in [0.1, 0.15) is 16.7 Å². The maximum atomic E-state index is 13.0. The lowest BCUT2D eigenvalue weighted by molar-refractivity contribution is 0.455. The largest absolute Gasteiger partial charge is 0.438 e. The van der Waals surface area contributed by atoms with Crippen molar-refractivity contribution < 1.29 is 9.13 Å². The fourth-order valence-electron chi connectivity index (χ4n) is 1.11. The molecule has 0 amide bonds. The summed E-state index contributed by atoms with van der Waals surface area (Å²) in [6.45, 7) is 0. The lowest BCUT2D eigenvalue weighted by atomic mass is 10.3. The fraction of sp³-hybridized carbons (Fsp3) is 0. The third-order valence-corrected chi connectivity index (χ3v) is 2.66. The summed E-state index contributed by atoms with van der Waals surface area (Å²) in [7, 11) is 0. The zero-order valence-electron chi connectivity index (χ0n) is 7.95. The van der Waals surface area contributed by atoms with E-state index in [1.807, 2.05) is 0 Å². The standard InChI is InChI=1S/C11H6BrClFNO/c12-8-5-4-7(14)6-9(8)16-11-3-1-2-10(13)15-11/h1-6H. The third-order valence-electron chi connectivity index (χ3n) is 1.80. The van der Waals surface area contributed by atoms with Crippen molar-refractivity contribution in [1.29, 1.82) is 0 Å². The molecule has 0 N–H and O–H groups in total. The highest BCUT2D eigenvalue weighted by Gasteiger charge is 2.05. The van der Waals surface area contributed by atoms with Crippen LogP contribution in [0.1, 0.15) is 0 Å². The average Bonchev–Trinajstić information content (AvgIpc) is 2.24. The van der Waals surface area contributed by atoms with Crippen LogP contribution in [0, 0.1) is 5.82 Å². The molecule has 0 atom stereocenters. The van der Waals surface area contributed by atoms with Crippen molar-refractivity contribution in [3.05, 3.63) is 51.8 Å². The van der Waals surface area contributed by atoms with Crippen molar-refractivity contribution in [1.82, 2.24) is 4.98 Å². The molecule has 2 nitrogen and oxygen atoms in total. The zero-order valence-corrected chi connectivity index (χ0v) is 10.3. The molecular formula is C11H6BrClFNO. The number of hydrogen-bond acceptors (Lipinski definition) is 2. The second-order valence-corrected chi connectivity index (χ2v) is 4.22. The minimum absolute atomic E-state index is 0.318. The summed E-state index contributed by atoms with van der Waals surface area (Å²) in [6.07, 6.45) is 0. The van der Waals surface area contributed by atoms with E-state index in [1.54, 1.807) is 24.3 Å². The third kappa shape index (κ3) is 2.71. The zero-order chi connectivity index (χ0) is 11.5. The number of aromatic nitrogens is 1. The smallest absolute Gasteiger partial charge is 0.220 e. The normalized spacial score (nSPS) is 10.2. The van der Waals surface area contributed by atoms with Gasteiger partial charge in [-0.1, -0.05) is 17.7 Å². The highest BCUT2D eigenvalue weighted by atomic mass is 79.9. The molecule has 0 saturated heterocycles. The van der Waals surface area contributed by atoms with Crippen molar-refractivity contribution in [2.45, 2.75) is 0 Å². The van der Waals surface area contributed by atoms with E-state index in [2.05, 4.69) is 20.9 Å². The van der Waals surface area contributed by atoms with Gasteiger partial charge in [0.2, 0.25) is 5.88 Å². The van der Waals surface area contributed by atoms with Crippen molar-refractivity contribution in [3.63, 3.8) is 0 Å². The molecule has 1 aromatic heterocycles. The van der Waals surface area contributed by atoms with E-state index in [4.69, 9.17) is 16.3 Å². The van der Waals surface area contributed by atoms with Crippen LogP contribution in [0.2, 0.25) is 5.15 Å². The van der Waals surface area contributed by atoms with Crippen LogP contribution in [0.4, 0.5) is 4.39 Å². The van der Waals surface area contributed by atoms with E-state index in [0.717, 1.165) is 0 Å². The van der Waals surface area contributed by atoms with Gasteiger partial charge in [-0.3, -0.25) is 0 Å². The molecule has 0 radical (unpaired) electrons. The topological polar surface area (TPSA) is 22.1 Å². The van der Waals surface area contributed by atoms with E-state index >= 15 is 0 Å². The van der Waals surface area contributed by atoms with Gasteiger partial charge in [-0.05, 0) is 34.1 Å². The molecule has 2 rings (SSSR count). The van der Waals surface area contributed by atoms with Crippen molar-refractivity contribution in [2.75, 3.05) is 0 Å². The molecule has 1 heterocycles. The summed E-state index contributed by atoms with van der Waals surface area (Å²) in [6, 6.07) is 9.15. The summed E-state index contributed by atoms with van der Waals surface area (Å²) in [4.78, 5) is 3.94. The van der Waals surface area contributed by atoms with Crippen LogP contribution in [0.5, 0.6) is 11.6 Å². The predicted octanol–water partition coefficient (Wildman–Crippen LogP) is 4.43. The Morgan fingerprint density at radius 2 is 2.06 bits per heavy atom. The molecule has 82 valence electrons. The first kappa shape index (κ1) is 11.4. The Balaban J connectivity index is 2.30. The van der Waals surface area contributed by atoms with Gasteiger partial charge in [0.15, 0.2) is 0 Å². The Labute approximate surface area is 105 Å². The van der Waals surface area contributed by atoms with Crippen LogP contribution in [0.3, 0.4) is 0 Å². The van der Waals surface area contributed by atoms with Crippen LogP contribution >= 0.6 is 27.5 Å². The molecule has 0 saturated carbocycles. The second-order valence-electron chi connectivity index (χ2n) is 2.98. The molecular weight excluding hydrogens is 296 g/mol. The lowest BCUT2D eigenvalue weighted by Gasteiger charge is -2.06. The highest BCUT2D eigenvalue weighted by Crippen LogP contribution is 2.29. The highest BCUT2D eigenvalue weighted by molar-refractivity contribution is 9.10. The summed E-state index contributed by atoms with van der Waals surface area (Å²) in [5, 5.41) is 0.324. The molecule has 0 bridgehead atoms. The first-order valence-corrected chi connectivity index (χ1v) is 5.58. The molecule has 0 aliphatic rings. The lowest BCUT2D eigenvalue weighted by Crippen LogP contribution is -1.89. The molecule has 0 aliphatic carbocycles. The summed E-state index contributed by atoms with van der Waals surface area (Å²) in [5.74, 6) is 0.300. The first-order valence-electron chi connectivity index (χ1n) is 4.40. The Morgan fingerprint density at radius 1 is 1.25 bits per heavy atom. The van der Waals surface area contributed by atoms with Gasteiger partial charge in [-0.25, -0.2) is 9.37 Å². The number of pyridine rings is 1. The molecule has 2 aromatic rings. The number of rotatable bonds is 2. The fourth-order valence-corrected chi connectivity index (χ4v) is 1.60. The van der Waals surface area contributed by atoms with E-state index in [1.165, 1.54) is 12.1 Å². The molecule has 0 unspecified atom stereocenters. The van der Waals surface area contributed by atoms with Crippen LogP contribution in [0.25, 0.3) is 0 Å². The van der Waals surface area contributed by atoms with Gasteiger partial charge in [0.25, 0.3) is 0 Å². The van der Waals surface area contributed by atoms with Crippen LogP contribution in [-0.2, 0) is 0 Å². The van der Waals surface area contributed by atoms with Crippen molar-refractivity contribution >= 4 is 27.5 Å². The number of benzene rings is 1. The van der Waals surface area contributed by atoms with Crippen LogP contribution < -0.4 is 4.74 Å². The summed E-state index contributed by atoms with van der Waals surface area (Å²) < 4.78 is 19.0. The summed E-state index contributed by atoms with van der Waals surface area (Å²) in [5.41, 5.74) is 0. The Morgan fingerprint density at radius 3 is 2.81 bits per heavy atom. The van der Waals surface area contributed by atoms with Gasteiger partial charge < -0.3 is 4.74 Å². The van der Waals surface area contributed by atoms with Gasteiger partial charge >= 0.3 is 0 Å². The molecule has 0 aliphatic heterocycles. The second kappa shape index (κ2) is 4.80. The first-order chi connectivity index (χ1) is 7.65. The van der Waals surface area contributed by atoms with Gasteiger partial charge in [0.05, 0.1) is 4.47 Å². The minimum atomic E-state index is -0.375. The van der Waals surface area contributed by atoms with E-state index in [9.17, 15) is 4.39 Å². The molecule has 5 heteroatoms. The predicted molar refractivity (Wildman–Crippen MR) is 63.4 cm³/mol. The van der Waals surface area contributed by atoms with Gasteiger partial charge in [0, 0.05) is 12.1 Å². The number of hydrogen-bond donors (Lipinski definition) is 0. The molecule has 0 fully saturated rings. The SMILES string of the molecule is Fc1ccc(Br)c(Oc2cccc(Cl)n2)c1. The van der Waals surface area contributed by atoms with E-state index < -0.39 is 0 Å². The Bertz CT molecular complexity index is 521. The number of nitrogens with zero attached hydrogens (tertiary/aromatic N) is 1. The maximum absolute atomic E-state index is 13.0. The average molecular weight is 303 g/mol. The Kier molecular flexibility index (Phi) is 3.41. The van der Waals surface area contributed by atoms with Crippen molar-refractivity contribution in [3.8, 4) is 11.6 Å². The quantitative estimate of drug-likeness (QED) is 0.766.